The average Bonchev–Trinajstić information content (AvgIpc) is 2.58. The Balaban J connectivity index is 1.77. The monoisotopic (exact) mass is 373 g/mol. The van der Waals surface area contributed by atoms with Gasteiger partial charge in [-0.05, 0) is 42.8 Å². The molecule has 0 aliphatic carbocycles. The van der Waals surface area contributed by atoms with Crippen molar-refractivity contribution < 1.29 is 8.42 Å². The molecule has 1 heterocycles. The summed E-state index contributed by atoms with van der Waals surface area (Å²) in [6, 6.07) is 17.5. The highest BCUT2D eigenvalue weighted by atomic mass is 35.5. The number of pyridine rings is 1. The van der Waals surface area contributed by atoms with Crippen LogP contribution in [-0.4, -0.2) is 13.4 Å². The maximum Gasteiger partial charge on any atom is 0.263 e. The molecule has 5 nitrogen and oxygen atoms in total. The summed E-state index contributed by atoms with van der Waals surface area (Å²) in [5.74, 6) is 0.620. The van der Waals surface area contributed by atoms with Crippen LogP contribution in [0.25, 0.3) is 0 Å². The Kier molecular flexibility index (Phi) is 4.92. The lowest BCUT2D eigenvalue weighted by molar-refractivity contribution is 0.601. The van der Waals surface area contributed by atoms with Gasteiger partial charge in [0.05, 0.1) is 16.9 Å². The highest BCUT2D eigenvalue weighted by Gasteiger charge is 2.17. The Morgan fingerprint density at radius 3 is 2.36 bits per heavy atom. The molecule has 128 valence electrons. The molecule has 0 atom stereocenters. The number of aryl methyl sites for hydroxylation is 1. The van der Waals surface area contributed by atoms with Gasteiger partial charge in [0.1, 0.15) is 10.7 Å². The van der Waals surface area contributed by atoms with Crippen LogP contribution >= 0.6 is 11.6 Å². The first-order chi connectivity index (χ1) is 12.0. The fourth-order valence-electron chi connectivity index (χ4n) is 2.25. The summed E-state index contributed by atoms with van der Waals surface area (Å²) in [4.78, 5) is 4.27. The van der Waals surface area contributed by atoms with Gasteiger partial charge in [-0.15, -0.1) is 0 Å². The molecule has 0 aliphatic heterocycles. The van der Waals surface area contributed by atoms with Gasteiger partial charge in [-0.1, -0.05) is 41.9 Å². The van der Waals surface area contributed by atoms with E-state index < -0.39 is 10.0 Å². The molecule has 3 aromatic rings. The second-order valence-corrected chi connectivity index (χ2v) is 7.47. The first-order valence-electron chi connectivity index (χ1n) is 7.52. The second-order valence-electron chi connectivity index (χ2n) is 5.41. The molecule has 0 bridgehead atoms. The van der Waals surface area contributed by atoms with Gasteiger partial charge in [0, 0.05) is 5.69 Å². The minimum atomic E-state index is -3.76. The van der Waals surface area contributed by atoms with E-state index in [0.29, 0.717) is 11.5 Å². The van der Waals surface area contributed by atoms with Crippen molar-refractivity contribution in [1.82, 2.24) is 4.98 Å². The van der Waals surface area contributed by atoms with Crippen molar-refractivity contribution in [3.63, 3.8) is 0 Å². The number of nitrogens with zero attached hydrogens (tertiary/aromatic N) is 1. The number of rotatable bonds is 5. The van der Waals surface area contributed by atoms with E-state index in [-0.39, 0.29) is 9.92 Å². The highest BCUT2D eigenvalue weighted by molar-refractivity contribution is 7.92. The smallest absolute Gasteiger partial charge is 0.263 e. The number of hydrogen-bond acceptors (Lipinski definition) is 4. The van der Waals surface area contributed by atoms with Crippen LogP contribution in [0.15, 0.2) is 71.8 Å². The number of nitrogens with one attached hydrogen (secondary N) is 2. The standard InChI is InChI=1S/C18H16ClN3O2S/c1-13-6-2-4-8-16(13)21-18-11-10-14(12-20-18)22-25(23,24)17-9-5-3-7-15(17)19/h2-12,22H,1H3,(H,20,21). The van der Waals surface area contributed by atoms with Crippen LogP contribution in [0.5, 0.6) is 0 Å². The van der Waals surface area contributed by atoms with Gasteiger partial charge >= 0.3 is 0 Å². The molecular formula is C18H16ClN3O2S. The Bertz CT molecular complexity index is 989. The molecule has 0 saturated heterocycles. The predicted molar refractivity (Wildman–Crippen MR) is 101 cm³/mol. The quantitative estimate of drug-likeness (QED) is 0.686. The van der Waals surface area contributed by atoms with Gasteiger partial charge in [-0.2, -0.15) is 0 Å². The fraction of sp³-hybridized carbons (Fsp3) is 0.0556. The number of benzene rings is 2. The maximum absolute atomic E-state index is 12.4. The van der Waals surface area contributed by atoms with Crippen molar-refractivity contribution in [1.29, 1.82) is 0 Å². The Hall–Kier alpha value is -2.57. The number of anilines is 3. The van der Waals surface area contributed by atoms with Crippen LogP contribution in [0.1, 0.15) is 5.56 Å². The van der Waals surface area contributed by atoms with E-state index in [2.05, 4.69) is 15.0 Å². The third kappa shape index (κ3) is 4.10. The van der Waals surface area contributed by atoms with Gasteiger partial charge in [-0.25, -0.2) is 13.4 Å². The summed E-state index contributed by atoms with van der Waals surface area (Å²) in [6.07, 6.45) is 1.45. The number of hydrogen-bond donors (Lipinski definition) is 2. The SMILES string of the molecule is Cc1ccccc1Nc1ccc(NS(=O)(=O)c2ccccc2Cl)cn1. The van der Waals surface area contributed by atoms with Crippen LogP contribution < -0.4 is 10.0 Å². The van der Waals surface area contributed by atoms with Crippen LogP contribution in [0.4, 0.5) is 17.2 Å². The lowest BCUT2D eigenvalue weighted by atomic mass is 10.2. The van der Waals surface area contributed by atoms with E-state index in [0.717, 1.165) is 11.3 Å². The molecule has 0 amide bonds. The molecule has 25 heavy (non-hydrogen) atoms. The van der Waals surface area contributed by atoms with Gasteiger partial charge in [0.2, 0.25) is 0 Å². The first kappa shape index (κ1) is 17.3. The van der Waals surface area contributed by atoms with Gasteiger partial charge in [-0.3, -0.25) is 4.72 Å². The van der Waals surface area contributed by atoms with Gasteiger partial charge < -0.3 is 5.32 Å². The van der Waals surface area contributed by atoms with E-state index in [1.165, 1.54) is 18.3 Å². The van der Waals surface area contributed by atoms with Crippen molar-refractivity contribution in [2.24, 2.45) is 0 Å². The van der Waals surface area contributed by atoms with E-state index >= 15 is 0 Å². The van der Waals surface area contributed by atoms with Crippen molar-refractivity contribution in [3.8, 4) is 0 Å². The molecule has 2 aromatic carbocycles. The molecule has 0 saturated carbocycles. The number of para-hydroxylation sites is 1. The summed E-state index contributed by atoms with van der Waals surface area (Å²) in [5, 5.41) is 3.36. The zero-order chi connectivity index (χ0) is 17.9. The lowest BCUT2D eigenvalue weighted by Gasteiger charge is -2.11. The fourth-order valence-corrected chi connectivity index (χ4v) is 3.82. The molecule has 2 N–H and O–H groups in total. The molecule has 0 spiro atoms. The van der Waals surface area contributed by atoms with Crippen LogP contribution in [0.2, 0.25) is 5.02 Å². The van der Waals surface area contributed by atoms with E-state index in [9.17, 15) is 8.42 Å². The van der Waals surface area contributed by atoms with Crippen molar-refractivity contribution in [2.75, 3.05) is 10.0 Å². The van der Waals surface area contributed by atoms with Crippen LogP contribution in [-0.2, 0) is 10.0 Å². The van der Waals surface area contributed by atoms with E-state index in [1.54, 1.807) is 24.3 Å². The number of sulfonamides is 1. The zero-order valence-corrected chi connectivity index (χ0v) is 15.0. The Morgan fingerprint density at radius 2 is 1.68 bits per heavy atom. The van der Waals surface area contributed by atoms with Crippen molar-refractivity contribution in [3.05, 3.63) is 77.4 Å². The maximum atomic E-state index is 12.4. The summed E-state index contributed by atoms with van der Waals surface area (Å²) in [5.41, 5.74) is 2.39. The molecule has 0 fully saturated rings. The van der Waals surface area contributed by atoms with E-state index in [1.807, 2.05) is 31.2 Å². The summed E-state index contributed by atoms with van der Waals surface area (Å²) in [7, 11) is -3.76. The third-order valence-electron chi connectivity index (χ3n) is 3.55. The number of aromatic nitrogens is 1. The van der Waals surface area contributed by atoms with Crippen molar-refractivity contribution in [2.45, 2.75) is 11.8 Å². The first-order valence-corrected chi connectivity index (χ1v) is 9.38. The summed E-state index contributed by atoms with van der Waals surface area (Å²) >= 11 is 5.96. The molecule has 7 heteroatoms. The molecule has 1 aromatic heterocycles. The Morgan fingerprint density at radius 1 is 0.960 bits per heavy atom. The Labute approximate surface area is 151 Å². The highest BCUT2D eigenvalue weighted by Crippen LogP contribution is 2.24. The molecule has 0 unspecified atom stereocenters. The summed E-state index contributed by atoms with van der Waals surface area (Å²) in [6.45, 7) is 1.99. The number of halogens is 1. The molecule has 0 radical (unpaired) electrons. The third-order valence-corrected chi connectivity index (χ3v) is 5.43. The molecule has 0 aliphatic rings. The average molecular weight is 374 g/mol. The predicted octanol–water partition coefficient (Wildman–Crippen LogP) is 4.59. The largest absolute Gasteiger partial charge is 0.340 e. The van der Waals surface area contributed by atoms with Crippen molar-refractivity contribution >= 4 is 38.8 Å². The second kappa shape index (κ2) is 7.13. The molecular weight excluding hydrogens is 358 g/mol. The van der Waals surface area contributed by atoms with E-state index in [4.69, 9.17) is 11.6 Å². The topological polar surface area (TPSA) is 71.1 Å². The zero-order valence-electron chi connectivity index (χ0n) is 13.4. The van der Waals surface area contributed by atoms with Gasteiger partial charge in [0.25, 0.3) is 10.0 Å². The normalized spacial score (nSPS) is 11.1. The lowest BCUT2D eigenvalue weighted by Crippen LogP contribution is -2.13. The minimum absolute atomic E-state index is 0.0266. The van der Waals surface area contributed by atoms with Crippen LogP contribution in [0.3, 0.4) is 0 Å². The summed E-state index contributed by atoms with van der Waals surface area (Å²) < 4.78 is 27.3. The van der Waals surface area contributed by atoms with Gasteiger partial charge in [0.15, 0.2) is 0 Å². The minimum Gasteiger partial charge on any atom is -0.340 e. The van der Waals surface area contributed by atoms with Crippen LogP contribution in [0, 0.1) is 6.92 Å². The molecule has 3 rings (SSSR count).